The van der Waals surface area contributed by atoms with E-state index in [9.17, 15) is 13.2 Å². The highest BCUT2D eigenvalue weighted by Crippen LogP contribution is 2.17. The van der Waals surface area contributed by atoms with Gasteiger partial charge in [0.2, 0.25) is 10.0 Å². The van der Waals surface area contributed by atoms with E-state index in [1.165, 1.54) is 19.1 Å². The number of benzene rings is 1. The fourth-order valence-electron chi connectivity index (χ4n) is 2.56. The molecule has 1 saturated heterocycles. The zero-order valence-electron chi connectivity index (χ0n) is 12.5. The van der Waals surface area contributed by atoms with Gasteiger partial charge in [-0.1, -0.05) is 19.1 Å². The van der Waals surface area contributed by atoms with Crippen LogP contribution in [0.25, 0.3) is 0 Å². The van der Waals surface area contributed by atoms with Crippen LogP contribution < -0.4 is 4.72 Å². The second-order valence-corrected chi connectivity index (χ2v) is 7.25. The third-order valence-corrected chi connectivity index (χ3v) is 5.35. The van der Waals surface area contributed by atoms with Gasteiger partial charge in [-0.2, -0.15) is 0 Å². The van der Waals surface area contributed by atoms with E-state index in [0.29, 0.717) is 18.0 Å². The molecule has 1 N–H and O–H groups in total. The molecule has 1 aliphatic rings. The summed E-state index contributed by atoms with van der Waals surface area (Å²) < 4.78 is 27.2. The van der Waals surface area contributed by atoms with E-state index in [-0.39, 0.29) is 10.7 Å². The fourth-order valence-corrected chi connectivity index (χ4v) is 3.72. The van der Waals surface area contributed by atoms with E-state index in [1.807, 2.05) is 0 Å². The van der Waals surface area contributed by atoms with Crippen molar-refractivity contribution in [3.8, 4) is 0 Å². The highest BCUT2D eigenvalue weighted by molar-refractivity contribution is 7.89. The third kappa shape index (κ3) is 4.12. The zero-order chi connectivity index (χ0) is 15.5. The molecule has 21 heavy (non-hydrogen) atoms. The lowest BCUT2D eigenvalue weighted by Crippen LogP contribution is -2.31. The first-order chi connectivity index (χ1) is 9.92. The van der Waals surface area contributed by atoms with E-state index in [2.05, 4.69) is 16.5 Å². The molecule has 1 aromatic carbocycles. The monoisotopic (exact) mass is 310 g/mol. The maximum Gasteiger partial charge on any atom is 0.240 e. The van der Waals surface area contributed by atoms with E-state index in [4.69, 9.17) is 0 Å². The predicted molar refractivity (Wildman–Crippen MR) is 81.9 cm³/mol. The number of carbonyl (C=O) groups excluding carboxylic acids is 1. The van der Waals surface area contributed by atoms with Gasteiger partial charge in [0, 0.05) is 18.7 Å². The molecule has 1 aliphatic heterocycles. The summed E-state index contributed by atoms with van der Waals surface area (Å²) in [6.07, 6.45) is 1.02. The van der Waals surface area contributed by atoms with Gasteiger partial charge in [0.15, 0.2) is 5.78 Å². The van der Waals surface area contributed by atoms with Crippen molar-refractivity contribution in [3.05, 3.63) is 29.8 Å². The minimum absolute atomic E-state index is 0.138. The van der Waals surface area contributed by atoms with Crippen LogP contribution in [-0.4, -0.2) is 45.3 Å². The van der Waals surface area contributed by atoms with Crippen LogP contribution in [0.2, 0.25) is 0 Å². The molecule has 1 fully saturated rings. The largest absolute Gasteiger partial charge is 0.303 e. The van der Waals surface area contributed by atoms with Crippen molar-refractivity contribution in [2.24, 2.45) is 5.92 Å². The molecule has 6 heteroatoms. The Hall–Kier alpha value is -1.24. The number of nitrogens with one attached hydrogen (secondary N) is 1. The highest BCUT2D eigenvalue weighted by Gasteiger charge is 2.23. The Bertz CT molecular complexity index is 613. The van der Waals surface area contributed by atoms with E-state index in [0.717, 1.165) is 26.1 Å². The molecule has 1 unspecified atom stereocenters. The Morgan fingerprint density at radius 1 is 1.43 bits per heavy atom. The second-order valence-electron chi connectivity index (χ2n) is 5.48. The SMILES string of the molecule is CCN1CCC(CNS(=O)(=O)c2cccc(C(C)=O)c2)C1. The topological polar surface area (TPSA) is 66.5 Å². The van der Waals surface area contributed by atoms with Crippen molar-refractivity contribution in [2.75, 3.05) is 26.2 Å². The third-order valence-electron chi connectivity index (χ3n) is 3.93. The molecule has 0 amide bonds. The highest BCUT2D eigenvalue weighted by atomic mass is 32.2. The number of hydrogen-bond donors (Lipinski definition) is 1. The lowest BCUT2D eigenvalue weighted by Gasteiger charge is -2.14. The lowest BCUT2D eigenvalue weighted by molar-refractivity contribution is 0.101. The zero-order valence-corrected chi connectivity index (χ0v) is 13.3. The molecule has 116 valence electrons. The Morgan fingerprint density at radius 3 is 2.81 bits per heavy atom. The van der Waals surface area contributed by atoms with Crippen molar-refractivity contribution >= 4 is 15.8 Å². The van der Waals surface area contributed by atoms with Gasteiger partial charge in [0.05, 0.1) is 4.90 Å². The summed E-state index contributed by atoms with van der Waals surface area (Å²) in [5, 5.41) is 0. The molecule has 0 spiro atoms. The van der Waals surface area contributed by atoms with Crippen molar-refractivity contribution in [1.29, 1.82) is 0 Å². The molecular formula is C15H22N2O3S. The second kappa shape index (κ2) is 6.68. The van der Waals surface area contributed by atoms with Crippen LogP contribution in [-0.2, 0) is 10.0 Å². The predicted octanol–water partition coefficient (Wildman–Crippen LogP) is 1.51. The fraction of sp³-hybridized carbons (Fsp3) is 0.533. The van der Waals surface area contributed by atoms with E-state index in [1.54, 1.807) is 12.1 Å². The van der Waals surface area contributed by atoms with Gasteiger partial charge < -0.3 is 4.90 Å². The Kier molecular flexibility index (Phi) is 5.13. The van der Waals surface area contributed by atoms with Crippen molar-refractivity contribution in [3.63, 3.8) is 0 Å². The number of Topliss-reactive ketones (excluding diaryl/α,β-unsaturated/α-hetero) is 1. The first kappa shape index (κ1) is 16.1. The molecule has 0 bridgehead atoms. The Morgan fingerprint density at radius 2 is 2.19 bits per heavy atom. The molecule has 1 heterocycles. The normalized spacial score (nSPS) is 19.8. The number of nitrogens with zero attached hydrogens (tertiary/aromatic N) is 1. The quantitative estimate of drug-likeness (QED) is 0.809. The first-order valence-electron chi connectivity index (χ1n) is 7.25. The van der Waals surface area contributed by atoms with Crippen molar-refractivity contribution in [1.82, 2.24) is 9.62 Å². The molecule has 2 rings (SSSR count). The van der Waals surface area contributed by atoms with Gasteiger partial charge >= 0.3 is 0 Å². The van der Waals surface area contributed by atoms with Gasteiger partial charge in [-0.05, 0) is 44.5 Å². The summed E-state index contributed by atoms with van der Waals surface area (Å²) >= 11 is 0. The average molecular weight is 310 g/mol. The summed E-state index contributed by atoms with van der Waals surface area (Å²) in [6, 6.07) is 6.16. The summed E-state index contributed by atoms with van der Waals surface area (Å²) in [7, 11) is -3.55. The standard InChI is InChI=1S/C15H22N2O3S/c1-3-17-8-7-13(11-17)10-16-21(19,20)15-6-4-5-14(9-15)12(2)18/h4-6,9,13,16H,3,7-8,10-11H2,1-2H3. The molecular weight excluding hydrogens is 288 g/mol. The number of hydrogen-bond acceptors (Lipinski definition) is 4. The van der Waals surface area contributed by atoms with Gasteiger partial charge in [-0.3, -0.25) is 4.79 Å². The Balaban J connectivity index is 2.02. The van der Waals surface area contributed by atoms with Crippen LogP contribution in [0, 0.1) is 5.92 Å². The number of likely N-dealkylation sites (tertiary alicyclic amines) is 1. The molecule has 0 saturated carbocycles. The van der Waals surface area contributed by atoms with Gasteiger partial charge in [0.1, 0.15) is 0 Å². The van der Waals surface area contributed by atoms with Crippen LogP contribution in [0.4, 0.5) is 0 Å². The maximum absolute atomic E-state index is 12.3. The minimum atomic E-state index is -3.55. The van der Waals surface area contributed by atoms with E-state index >= 15 is 0 Å². The average Bonchev–Trinajstić information content (AvgIpc) is 2.93. The molecule has 1 aromatic rings. The molecule has 5 nitrogen and oxygen atoms in total. The number of sulfonamides is 1. The molecule has 0 radical (unpaired) electrons. The minimum Gasteiger partial charge on any atom is -0.303 e. The summed E-state index contributed by atoms with van der Waals surface area (Å²) in [5.41, 5.74) is 0.413. The van der Waals surface area contributed by atoms with Crippen LogP contribution in [0.15, 0.2) is 29.2 Å². The number of carbonyl (C=O) groups is 1. The summed E-state index contributed by atoms with van der Waals surface area (Å²) in [4.78, 5) is 13.8. The summed E-state index contributed by atoms with van der Waals surface area (Å²) in [5.74, 6) is 0.220. The maximum atomic E-state index is 12.3. The van der Waals surface area contributed by atoms with Gasteiger partial charge in [0.25, 0.3) is 0 Å². The van der Waals surface area contributed by atoms with Gasteiger partial charge in [-0.15, -0.1) is 0 Å². The van der Waals surface area contributed by atoms with Crippen molar-refractivity contribution in [2.45, 2.75) is 25.2 Å². The Labute approximate surface area is 126 Å². The number of rotatable bonds is 6. The van der Waals surface area contributed by atoms with Crippen LogP contribution in [0.3, 0.4) is 0 Å². The smallest absolute Gasteiger partial charge is 0.240 e. The van der Waals surface area contributed by atoms with Crippen LogP contribution in [0.5, 0.6) is 0 Å². The van der Waals surface area contributed by atoms with Gasteiger partial charge in [-0.25, -0.2) is 13.1 Å². The molecule has 1 atom stereocenters. The molecule has 0 aromatic heterocycles. The van der Waals surface area contributed by atoms with E-state index < -0.39 is 10.0 Å². The first-order valence-corrected chi connectivity index (χ1v) is 8.73. The molecule has 0 aliphatic carbocycles. The summed E-state index contributed by atoms with van der Waals surface area (Å²) in [6.45, 7) is 6.96. The van der Waals surface area contributed by atoms with Crippen LogP contribution in [0.1, 0.15) is 30.6 Å². The van der Waals surface area contributed by atoms with Crippen LogP contribution >= 0.6 is 0 Å². The number of ketones is 1. The van der Waals surface area contributed by atoms with Crippen molar-refractivity contribution < 1.29 is 13.2 Å². The lowest BCUT2D eigenvalue weighted by atomic mass is 10.1.